The van der Waals surface area contributed by atoms with Crippen LogP contribution in [0.25, 0.3) is 0 Å². The average Bonchev–Trinajstić information content (AvgIpc) is 2.29. The van der Waals surface area contributed by atoms with Gasteiger partial charge in [-0.2, -0.15) is 0 Å². The number of hydrogen-bond donors (Lipinski definition) is 1. The van der Waals surface area contributed by atoms with Gasteiger partial charge in [-0.05, 0) is 19.4 Å². The molecule has 4 heteroatoms. The standard InChI is InChI=1S/C12H24N2O2.H2/c1-10(2)12(15)13-6-8-14-7-4-5-11(9-14)16-3;/h10-11H,4-9H2,1-3H3,(H,13,15);1H. The first-order valence-electron chi connectivity index (χ1n) is 6.16. The fourth-order valence-electron chi connectivity index (χ4n) is 1.95. The lowest BCUT2D eigenvalue weighted by Gasteiger charge is -2.31. The zero-order chi connectivity index (χ0) is 12.0. The number of piperidine rings is 1. The van der Waals surface area contributed by atoms with Crippen LogP contribution < -0.4 is 5.32 Å². The van der Waals surface area contributed by atoms with E-state index in [0.29, 0.717) is 6.10 Å². The lowest BCUT2D eigenvalue weighted by Crippen LogP contribution is -2.43. The Balaban J connectivity index is 0.00000256. The number of likely N-dealkylation sites (tertiary alicyclic amines) is 1. The maximum Gasteiger partial charge on any atom is 0.222 e. The minimum atomic E-state index is 0. The SMILES string of the molecule is COC1CCCN(CCNC(=O)C(C)C)C1.[HH]. The fraction of sp³-hybridized carbons (Fsp3) is 0.917. The highest BCUT2D eigenvalue weighted by atomic mass is 16.5. The van der Waals surface area contributed by atoms with Crippen molar-refractivity contribution in [1.82, 2.24) is 10.2 Å². The van der Waals surface area contributed by atoms with E-state index in [1.165, 1.54) is 6.42 Å². The van der Waals surface area contributed by atoms with Gasteiger partial charge in [0.2, 0.25) is 5.91 Å². The molecule has 1 aliphatic heterocycles. The number of rotatable bonds is 5. The quantitative estimate of drug-likeness (QED) is 0.769. The van der Waals surface area contributed by atoms with E-state index in [9.17, 15) is 4.79 Å². The van der Waals surface area contributed by atoms with Crippen LogP contribution in [0.4, 0.5) is 0 Å². The summed E-state index contributed by atoms with van der Waals surface area (Å²) >= 11 is 0. The first-order chi connectivity index (χ1) is 7.63. The van der Waals surface area contributed by atoms with Crippen LogP contribution in [0.2, 0.25) is 0 Å². The number of nitrogens with zero attached hydrogens (tertiary/aromatic N) is 1. The molecule has 1 N–H and O–H groups in total. The number of amides is 1. The summed E-state index contributed by atoms with van der Waals surface area (Å²) in [6.07, 6.45) is 2.72. The molecule has 0 aromatic rings. The Labute approximate surface area is 99.8 Å². The monoisotopic (exact) mass is 230 g/mol. The summed E-state index contributed by atoms with van der Waals surface area (Å²) in [5, 5.41) is 2.94. The predicted octanol–water partition coefficient (Wildman–Crippen LogP) is 1.12. The third-order valence-electron chi connectivity index (χ3n) is 3.05. The highest BCUT2D eigenvalue weighted by molar-refractivity contribution is 5.77. The van der Waals surface area contributed by atoms with Crippen LogP contribution in [0.15, 0.2) is 0 Å². The van der Waals surface area contributed by atoms with E-state index in [1.807, 2.05) is 13.8 Å². The molecule has 0 saturated carbocycles. The molecule has 1 heterocycles. The predicted molar refractivity (Wildman–Crippen MR) is 66.4 cm³/mol. The van der Waals surface area contributed by atoms with Gasteiger partial charge in [-0.25, -0.2) is 0 Å². The fourth-order valence-corrected chi connectivity index (χ4v) is 1.95. The topological polar surface area (TPSA) is 41.6 Å². The molecule has 0 radical (unpaired) electrons. The van der Waals surface area contributed by atoms with Crippen LogP contribution in [0.1, 0.15) is 28.1 Å². The van der Waals surface area contributed by atoms with Crippen LogP contribution in [0.5, 0.6) is 0 Å². The van der Waals surface area contributed by atoms with Crippen molar-refractivity contribution in [3.05, 3.63) is 0 Å². The zero-order valence-corrected chi connectivity index (χ0v) is 10.7. The maximum absolute atomic E-state index is 11.4. The lowest BCUT2D eigenvalue weighted by molar-refractivity contribution is -0.124. The Kier molecular flexibility index (Phi) is 5.77. The largest absolute Gasteiger partial charge is 0.380 e. The van der Waals surface area contributed by atoms with Crippen molar-refractivity contribution in [3.8, 4) is 0 Å². The normalized spacial score (nSPS) is 22.4. The van der Waals surface area contributed by atoms with Gasteiger partial charge in [-0.15, -0.1) is 0 Å². The van der Waals surface area contributed by atoms with E-state index in [1.54, 1.807) is 7.11 Å². The second-order valence-electron chi connectivity index (χ2n) is 4.75. The molecule has 0 aromatic heterocycles. The summed E-state index contributed by atoms with van der Waals surface area (Å²) in [4.78, 5) is 13.7. The molecule has 1 saturated heterocycles. The molecule has 0 aromatic carbocycles. The molecule has 1 fully saturated rings. The van der Waals surface area contributed by atoms with Gasteiger partial charge in [0.25, 0.3) is 0 Å². The third kappa shape index (κ3) is 4.49. The summed E-state index contributed by atoms with van der Waals surface area (Å²) in [6, 6.07) is 0. The van der Waals surface area contributed by atoms with Crippen LogP contribution in [-0.2, 0) is 9.53 Å². The van der Waals surface area contributed by atoms with Gasteiger partial charge in [-0.3, -0.25) is 9.69 Å². The van der Waals surface area contributed by atoms with Gasteiger partial charge in [0.05, 0.1) is 6.10 Å². The molecule has 1 unspecified atom stereocenters. The number of hydrogen-bond acceptors (Lipinski definition) is 3. The Morgan fingerprint density at radius 3 is 3.00 bits per heavy atom. The smallest absolute Gasteiger partial charge is 0.222 e. The maximum atomic E-state index is 11.4. The van der Waals surface area contributed by atoms with E-state index in [4.69, 9.17) is 4.74 Å². The summed E-state index contributed by atoms with van der Waals surface area (Å²) in [5.41, 5.74) is 0. The van der Waals surface area contributed by atoms with Gasteiger partial charge in [0.1, 0.15) is 0 Å². The van der Waals surface area contributed by atoms with E-state index >= 15 is 0 Å². The first kappa shape index (κ1) is 13.5. The van der Waals surface area contributed by atoms with Gasteiger partial charge in [0, 0.05) is 34.1 Å². The van der Waals surface area contributed by atoms with Crippen LogP contribution in [0.3, 0.4) is 0 Å². The number of carbonyl (C=O) groups is 1. The van der Waals surface area contributed by atoms with Crippen molar-refractivity contribution >= 4 is 5.91 Å². The molecule has 4 nitrogen and oxygen atoms in total. The Morgan fingerprint density at radius 1 is 1.62 bits per heavy atom. The minimum Gasteiger partial charge on any atom is -0.380 e. The second-order valence-corrected chi connectivity index (χ2v) is 4.75. The molecule has 0 aliphatic carbocycles. The zero-order valence-electron chi connectivity index (χ0n) is 10.7. The highest BCUT2D eigenvalue weighted by Crippen LogP contribution is 2.11. The number of nitrogens with one attached hydrogen (secondary N) is 1. The minimum absolute atomic E-state index is 0. The van der Waals surface area contributed by atoms with E-state index in [-0.39, 0.29) is 13.3 Å². The number of ether oxygens (including phenoxy) is 1. The molecule has 16 heavy (non-hydrogen) atoms. The summed E-state index contributed by atoms with van der Waals surface area (Å²) in [5.74, 6) is 0.216. The van der Waals surface area contributed by atoms with Gasteiger partial charge in [-0.1, -0.05) is 13.8 Å². The Morgan fingerprint density at radius 2 is 2.38 bits per heavy atom. The lowest BCUT2D eigenvalue weighted by atomic mass is 10.1. The molecule has 0 bridgehead atoms. The van der Waals surface area contributed by atoms with Crippen molar-refractivity contribution in [2.24, 2.45) is 5.92 Å². The molecule has 96 valence electrons. The van der Waals surface area contributed by atoms with Crippen molar-refractivity contribution in [2.75, 3.05) is 33.3 Å². The van der Waals surface area contributed by atoms with Crippen molar-refractivity contribution < 1.29 is 11.0 Å². The van der Waals surface area contributed by atoms with Gasteiger partial charge >= 0.3 is 0 Å². The van der Waals surface area contributed by atoms with Crippen LogP contribution >= 0.6 is 0 Å². The van der Waals surface area contributed by atoms with E-state index in [2.05, 4.69) is 10.2 Å². The molecule has 1 atom stereocenters. The number of methoxy groups -OCH3 is 1. The molecule has 1 rings (SSSR count). The van der Waals surface area contributed by atoms with E-state index in [0.717, 1.165) is 32.6 Å². The number of carbonyl (C=O) groups excluding carboxylic acids is 1. The summed E-state index contributed by atoms with van der Waals surface area (Å²) in [6.45, 7) is 7.62. The Bertz CT molecular complexity index is 225. The highest BCUT2D eigenvalue weighted by Gasteiger charge is 2.18. The molecule has 0 spiro atoms. The van der Waals surface area contributed by atoms with Crippen molar-refractivity contribution in [3.63, 3.8) is 0 Å². The molecular weight excluding hydrogens is 204 g/mol. The van der Waals surface area contributed by atoms with Crippen molar-refractivity contribution in [1.29, 1.82) is 0 Å². The molecular formula is C12H26N2O2. The summed E-state index contributed by atoms with van der Waals surface area (Å²) in [7, 11) is 1.77. The van der Waals surface area contributed by atoms with Gasteiger partial charge < -0.3 is 10.1 Å². The second kappa shape index (κ2) is 6.86. The molecule has 1 amide bonds. The Hall–Kier alpha value is -0.610. The van der Waals surface area contributed by atoms with Crippen LogP contribution in [-0.4, -0.2) is 50.2 Å². The third-order valence-corrected chi connectivity index (χ3v) is 3.05. The van der Waals surface area contributed by atoms with Crippen LogP contribution in [0, 0.1) is 5.92 Å². The van der Waals surface area contributed by atoms with Gasteiger partial charge in [0.15, 0.2) is 0 Å². The average molecular weight is 230 g/mol. The first-order valence-corrected chi connectivity index (χ1v) is 6.16. The summed E-state index contributed by atoms with van der Waals surface area (Å²) < 4.78 is 5.36. The van der Waals surface area contributed by atoms with E-state index < -0.39 is 0 Å². The van der Waals surface area contributed by atoms with Crippen molar-refractivity contribution in [2.45, 2.75) is 32.8 Å². The molecule has 1 aliphatic rings.